The van der Waals surface area contributed by atoms with Gasteiger partial charge in [0, 0.05) is 0 Å². The maximum absolute atomic E-state index is 12.9. The Morgan fingerprint density at radius 3 is 2.79 bits per heavy atom. The minimum atomic E-state index is -0.631. The molecular weight excluding hydrogens is 351 g/mol. The first-order valence-corrected chi connectivity index (χ1v) is 7.98. The summed E-state index contributed by atoms with van der Waals surface area (Å²) in [6.45, 7) is 0. The van der Waals surface area contributed by atoms with E-state index >= 15 is 0 Å². The van der Waals surface area contributed by atoms with Crippen molar-refractivity contribution in [1.82, 2.24) is 4.98 Å². The molecule has 122 valence electrons. The molecule has 5 nitrogen and oxygen atoms in total. The lowest BCUT2D eigenvalue weighted by atomic mass is 10.2. The molecule has 1 aliphatic heterocycles. The summed E-state index contributed by atoms with van der Waals surface area (Å²) in [5.74, 6) is -0.635. The Balaban J connectivity index is 1.90. The summed E-state index contributed by atoms with van der Waals surface area (Å²) in [6.07, 6.45) is 2.87. The van der Waals surface area contributed by atoms with Crippen molar-refractivity contribution in [3.63, 3.8) is 0 Å². The van der Waals surface area contributed by atoms with E-state index in [4.69, 9.17) is 17.0 Å². The van der Waals surface area contributed by atoms with Crippen LogP contribution in [0.4, 0.5) is 10.1 Å². The number of ether oxygens (including phenoxy) is 1. The molecule has 2 aromatic rings. The molecule has 0 atom stereocenters. The minimum absolute atomic E-state index is 0.0236. The van der Waals surface area contributed by atoms with Gasteiger partial charge in [-0.15, -0.1) is 0 Å². The van der Waals surface area contributed by atoms with Gasteiger partial charge in [-0.3, -0.25) is 9.69 Å². The summed E-state index contributed by atoms with van der Waals surface area (Å²) in [5, 5.41) is 9.81. The van der Waals surface area contributed by atoms with Crippen LogP contribution in [0.15, 0.2) is 41.4 Å². The zero-order valence-electron chi connectivity index (χ0n) is 12.4. The fourth-order valence-corrected chi connectivity index (χ4v) is 3.44. The van der Waals surface area contributed by atoms with Gasteiger partial charge in [0.2, 0.25) is 5.95 Å². The van der Waals surface area contributed by atoms with E-state index in [0.29, 0.717) is 26.2 Å². The number of hydrogen-bond donors (Lipinski definition) is 1. The van der Waals surface area contributed by atoms with Crippen LogP contribution >= 0.6 is 24.0 Å². The first-order chi connectivity index (χ1) is 11.5. The maximum atomic E-state index is 12.9. The quantitative estimate of drug-likeness (QED) is 0.513. The van der Waals surface area contributed by atoms with Crippen molar-refractivity contribution in [3.05, 3.63) is 52.9 Å². The fourth-order valence-electron chi connectivity index (χ4n) is 2.14. The lowest BCUT2D eigenvalue weighted by molar-refractivity contribution is -0.113. The summed E-state index contributed by atoms with van der Waals surface area (Å²) in [7, 11) is 1.45. The van der Waals surface area contributed by atoms with Crippen molar-refractivity contribution in [2.45, 2.75) is 0 Å². The SMILES string of the molecule is COc1ccc(C=C2SC(=S)N(c3ccc(F)nc3)C2=O)cc1O. The number of phenolic OH excluding ortho intramolecular Hbond substituents is 1. The summed E-state index contributed by atoms with van der Waals surface area (Å²) >= 11 is 6.35. The fraction of sp³-hybridized carbons (Fsp3) is 0.0625. The summed E-state index contributed by atoms with van der Waals surface area (Å²) < 4.78 is 18.2. The average Bonchev–Trinajstić information content (AvgIpc) is 2.83. The van der Waals surface area contributed by atoms with Gasteiger partial charge in [-0.2, -0.15) is 4.39 Å². The van der Waals surface area contributed by atoms with Crippen LogP contribution in [0.1, 0.15) is 5.56 Å². The molecule has 0 saturated carbocycles. The molecule has 0 radical (unpaired) electrons. The number of pyridine rings is 1. The Bertz CT molecular complexity index is 853. The number of methoxy groups -OCH3 is 1. The van der Waals surface area contributed by atoms with Crippen LogP contribution in [0.2, 0.25) is 0 Å². The Labute approximate surface area is 146 Å². The third kappa shape index (κ3) is 3.10. The largest absolute Gasteiger partial charge is 0.504 e. The molecule has 1 saturated heterocycles. The van der Waals surface area contributed by atoms with Gasteiger partial charge in [-0.05, 0) is 35.9 Å². The van der Waals surface area contributed by atoms with Gasteiger partial charge < -0.3 is 9.84 Å². The van der Waals surface area contributed by atoms with Crippen LogP contribution in [-0.2, 0) is 4.79 Å². The van der Waals surface area contributed by atoms with E-state index in [9.17, 15) is 14.3 Å². The number of anilines is 1. The number of hydrogen-bond acceptors (Lipinski definition) is 6. The summed E-state index contributed by atoms with van der Waals surface area (Å²) in [6, 6.07) is 7.41. The zero-order chi connectivity index (χ0) is 17.3. The predicted molar refractivity (Wildman–Crippen MR) is 94.5 cm³/mol. The molecule has 0 unspecified atom stereocenters. The Morgan fingerprint density at radius 2 is 2.17 bits per heavy atom. The van der Waals surface area contributed by atoms with Crippen molar-refractivity contribution < 1.29 is 19.0 Å². The number of thioether (sulfide) groups is 1. The van der Waals surface area contributed by atoms with E-state index in [1.54, 1.807) is 18.2 Å². The van der Waals surface area contributed by atoms with E-state index in [-0.39, 0.29) is 11.7 Å². The van der Waals surface area contributed by atoms with Crippen molar-refractivity contribution >= 4 is 46.0 Å². The molecule has 3 rings (SSSR count). The molecule has 1 aromatic heterocycles. The highest BCUT2D eigenvalue weighted by Crippen LogP contribution is 2.36. The molecule has 0 spiro atoms. The second-order valence-electron chi connectivity index (χ2n) is 4.79. The van der Waals surface area contributed by atoms with E-state index in [2.05, 4.69) is 4.98 Å². The smallest absolute Gasteiger partial charge is 0.270 e. The highest BCUT2D eigenvalue weighted by atomic mass is 32.2. The Kier molecular flexibility index (Phi) is 4.50. The molecule has 0 bridgehead atoms. The number of aromatic hydroxyl groups is 1. The number of nitrogens with zero attached hydrogens (tertiary/aromatic N) is 2. The first kappa shape index (κ1) is 16.4. The first-order valence-electron chi connectivity index (χ1n) is 6.76. The molecule has 1 aliphatic rings. The monoisotopic (exact) mass is 362 g/mol. The number of amides is 1. The second kappa shape index (κ2) is 6.58. The van der Waals surface area contributed by atoms with E-state index in [1.165, 1.54) is 36.4 Å². The number of aromatic nitrogens is 1. The van der Waals surface area contributed by atoms with Gasteiger partial charge in [-0.25, -0.2) is 4.98 Å². The Morgan fingerprint density at radius 1 is 1.38 bits per heavy atom. The van der Waals surface area contributed by atoms with Crippen molar-refractivity contribution in [3.8, 4) is 11.5 Å². The number of thiocarbonyl (C=S) groups is 1. The van der Waals surface area contributed by atoms with Crippen molar-refractivity contribution in [2.24, 2.45) is 0 Å². The highest BCUT2D eigenvalue weighted by molar-refractivity contribution is 8.27. The number of benzene rings is 1. The third-order valence-corrected chi connectivity index (χ3v) is 4.57. The third-order valence-electron chi connectivity index (χ3n) is 3.26. The topological polar surface area (TPSA) is 62.7 Å². The van der Waals surface area contributed by atoms with Crippen LogP contribution in [0.5, 0.6) is 11.5 Å². The van der Waals surface area contributed by atoms with E-state index in [1.807, 2.05) is 0 Å². The van der Waals surface area contributed by atoms with Crippen LogP contribution in [-0.4, -0.2) is 27.4 Å². The second-order valence-corrected chi connectivity index (χ2v) is 6.46. The van der Waals surface area contributed by atoms with Gasteiger partial charge in [-0.1, -0.05) is 30.0 Å². The lowest BCUT2D eigenvalue weighted by Gasteiger charge is -2.13. The molecule has 1 aromatic carbocycles. The average molecular weight is 362 g/mol. The summed E-state index contributed by atoms with van der Waals surface area (Å²) in [4.78, 5) is 17.8. The molecule has 2 heterocycles. The van der Waals surface area contributed by atoms with Gasteiger partial charge in [0.25, 0.3) is 5.91 Å². The van der Waals surface area contributed by atoms with E-state index < -0.39 is 5.95 Å². The number of phenols is 1. The van der Waals surface area contributed by atoms with Crippen LogP contribution in [0.3, 0.4) is 0 Å². The lowest BCUT2D eigenvalue weighted by Crippen LogP contribution is -2.27. The molecular formula is C16H11FN2O3S2. The normalized spacial score (nSPS) is 16.1. The van der Waals surface area contributed by atoms with Gasteiger partial charge in [0.15, 0.2) is 15.8 Å². The van der Waals surface area contributed by atoms with Crippen molar-refractivity contribution in [1.29, 1.82) is 0 Å². The van der Waals surface area contributed by atoms with Crippen LogP contribution in [0, 0.1) is 5.95 Å². The molecule has 1 amide bonds. The number of carbonyl (C=O) groups is 1. The van der Waals surface area contributed by atoms with Gasteiger partial charge in [0.05, 0.1) is 23.9 Å². The number of rotatable bonds is 3. The maximum Gasteiger partial charge on any atom is 0.270 e. The molecule has 0 aliphatic carbocycles. The zero-order valence-corrected chi connectivity index (χ0v) is 14.0. The minimum Gasteiger partial charge on any atom is -0.504 e. The number of halogens is 1. The summed E-state index contributed by atoms with van der Waals surface area (Å²) in [5.41, 5.74) is 1.03. The molecule has 1 fully saturated rings. The molecule has 1 N–H and O–H groups in total. The van der Waals surface area contributed by atoms with Crippen LogP contribution in [0.25, 0.3) is 6.08 Å². The van der Waals surface area contributed by atoms with E-state index in [0.717, 1.165) is 11.8 Å². The molecule has 8 heteroatoms. The number of carbonyl (C=O) groups excluding carboxylic acids is 1. The van der Waals surface area contributed by atoms with Gasteiger partial charge in [0.1, 0.15) is 0 Å². The molecule has 24 heavy (non-hydrogen) atoms. The van der Waals surface area contributed by atoms with Crippen molar-refractivity contribution in [2.75, 3.05) is 12.0 Å². The predicted octanol–water partition coefficient (Wildman–Crippen LogP) is 3.34. The highest BCUT2D eigenvalue weighted by Gasteiger charge is 2.33. The Hall–Kier alpha value is -2.45. The standard InChI is InChI=1S/C16H11FN2O3S2/c1-22-12-4-2-9(6-11(12)20)7-13-15(21)19(16(23)24-13)10-3-5-14(17)18-8-10/h2-8,20H,1H3. The van der Waals surface area contributed by atoms with Gasteiger partial charge >= 0.3 is 0 Å². The van der Waals surface area contributed by atoms with Crippen LogP contribution < -0.4 is 9.64 Å².